The lowest BCUT2D eigenvalue weighted by Gasteiger charge is -2.30. The number of hydrogen-bond donors (Lipinski definition) is 0. The minimum atomic E-state index is -0.330. The molecule has 0 saturated carbocycles. The van der Waals surface area contributed by atoms with Crippen molar-refractivity contribution in [2.24, 2.45) is 0 Å². The van der Waals surface area contributed by atoms with E-state index in [1.807, 2.05) is 0 Å². The summed E-state index contributed by atoms with van der Waals surface area (Å²) in [5.41, 5.74) is 19.1. The van der Waals surface area contributed by atoms with Crippen molar-refractivity contribution in [3.8, 4) is 50.2 Å². The van der Waals surface area contributed by atoms with Gasteiger partial charge in [0.2, 0.25) is 0 Å². The van der Waals surface area contributed by atoms with Gasteiger partial charge in [-0.2, -0.15) is 0 Å². The molecular weight excluding hydrogens is 603 g/mol. The minimum Gasteiger partial charge on any atom is -0.309 e. The smallest absolute Gasteiger partial charge is 0.0725 e. The summed E-state index contributed by atoms with van der Waals surface area (Å²) in [4.78, 5) is 0. The molecule has 8 aromatic carbocycles. The lowest BCUT2D eigenvalue weighted by atomic mass is 9.70. The molecule has 1 nitrogen and oxygen atoms in total. The Bertz CT molecular complexity index is 2740. The predicted molar refractivity (Wildman–Crippen MR) is 208 cm³/mol. The molecule has 1 aromatic heterocycles. The van der Waals surface area contributed by atoms with Crippen LogP contribution in [0.1, 0.15) is 22.3 Å². The van der Waals surface area contributed by atoms with Gasteiger partial charge in [-0.3, -0.25) is 0 Å². The molecule has 2 aliphatic rings. The normalized spacial score (nSPS) is 13.4. The van der Waals surface area contributed by atoms with Crippen LogP contribution in [0.2, 0.25) is 0 Å². The Morgan fingerprint density at radius 1 is 0.300 bits per heavy atom. The average molecular weight is 634 g/mol. The van der Waals surface area contributed by atoms with Crippen molar-refractivity contribution < 1.29 is 0 Å². The summed E-state index contributed by atoms with van der Waals surface area (Å²) < 4.78 is 2.37. The molecule has 0 amide bonds. The van der Waals surface area contributed by atoms with Crippen LogP contribution in [0, 0.1) is 0 Å². The Morgan fingerprint density at radius 3 is 1.40 bits per heavy atom. The zero-order chi connectivity index (χ0) is 32.8. The molecule has 0 aliphatic heterocycles. The van der Waals surface area contributed by atoms with E-state index < -0.39 is 0 Å². The second-order valence-corrected chi connectivity index (χ2v) is 13.6. The summed E-state index contributed by atoms with van der Waals surface area (Å²) in [5.74, 6) is 0. The SMILES string of the molecule is c1ccc(-n2c3ccccc3c3cc(-c4ccc(-c5ccc6c(c5)C5(c7ccccc7-c7ccccc75)c5ccccc5-6)cc4)ccc32)cc1. The van der Waals surface area contributed by atoms with Crippen LogP contribution in [0.25, 0.3) is 72.0 Å². The molecule has 1 spiro atoms. The standard InChI is InChI=1S/C49H31N/c1-2-12-36(13-3-1)50-47-21-11-7-17-41(47)42-30-34(27-29-48(42)50)32-22-24-33(25-23-32)35-26-28-40-39-16-6-10-20-45(39)49(46(40)31-35)43-18-8-4-14-37(43)38-15-5-9-19-44(38)49/h1-31H. The van der Waals surface area contributed by atoms with E-state index in [4.69, 9.17) is 0 Å². The molecule has 0 radical (unpaired) electrons. The summed E-state index contributed by atoms with van der Waals surface area (Å²) in [6, 6.07) is 69.6. The largest absolute Gasteiger partial charge is 0.309 e. The third kappa shape index (κ3) is 3.61. The molecule has 0 N–H and O–H groups in total. The van der Waals surface area contributed by atoms with Crippen LogP contribution in [-0.2, 0) is 5.41 Å². The summed E-state index contributed by atoms with van der Waals surface area (Å²) in [5, 5.41) is 2.54. The highest BCUT2D eigenvalue weighted by molar-refractivity contribution is 6.10. The number of aromatic nitrogens is 1. The molecule has 0 unspecified atom stereocenters. The maximum Gasteiger partial charge on any atom is 0.0725 e. The average Bonchev–Trinajstić information content (AvgIpc) is 3.80. The van der Waals surface area contributed by atoms with Gasteiger partial charge in [-0.25, -0.2) is 0 Å². The Hall–Kier alpha value is -6.44. The van der Waals surface area contributed by atoms with E-state index in [2.05, 4.69) is 193 Å². The summed E-state index contributed by atoms with van der Waals surface area (Å²) >= 11 is 0. The van der Waals surface area contributed by atoms with Gasteiger partial charge >= 0.3 is 0 Å². The van der Waals surface area contributed by atoms with Gasteiger partial charge in [0.15, 0.2) is 0 Å². The first kappa shape index (κ1) is 27.5. The lowest BCUT2D eigenvalue weighted by Crippen LogP contribution is -2.25. The van der Waals surface area contributed by atoms with Gasteiger partial charge in [-0.15, -0.1) is 0 Å². The topological polar surface area (TPSA) is 4.93 Å². The van der Waals surface area contributed by atoms with Gasteiger partial charge in [0.05, 0.1) is 16.4 Å². The molecule has 1 heterocycles. The van der Waals surface area contributed by atoms with Crippen LogP contribution >= 0.6 is 0 Å². The van der Waals surface area contributed by atoms with Crippen LogP contribution < -0.4 is 0 Å². The van der Waals surface area contributed by atoms with Gasteiger partial charge in [0, 0.05) is 16.5 Å². The molecule has 11 rings (SSSR count). The number of nitrogens with zero attached hydrogens (tertiary/aromatic N) is 1. The van der Waals surface area contributed by atoms with Crippen molar-refractivity contribution >= 4 is 21.8 Å². The highest BCUT2D eigenvalue weighted by Crippen LogP contribution is 2.63. The van der Waals surface area contributed by atoms with E-state index in [-0.39, 0.29) is 5.41 Å². The zero-order valence-corrected chi connectivity index (χ0v) is 27.3. The van der Waals surface area contributed by atoms with Gasteiger partial charge in [0.1, 0.15) is 0 Å². The van der Waals surface area contributed by atoms with Crippen molar-refractivity contribution in [3.05, 3.63) is 210 Å². The number of para-hydroxylation sites is 2. The van der Waals surface area contributed by atoms with Crippen molar-refractivity contribution in [2.45, 2.75) is 5.41 Å². The second kappa shape index (κ2) is 10.3. The zero-order valence-electron chi connectivity index (χ0n) is 27.3. The van der Waals surface area contributed by atoms with E-state index in [0.29, 0.717) is 0 Å². The van der Waals surface area contributed by atoms with Gasteiger partial charge in [-0.1, -0.05) is 152 Å². The first-order chi connectivity index (χ1) is 24.8. The third-order valence-corrected chi connectivity index (χ3v) is 11.2. The molecule has 232 valence electrons. The van der Waals surface area contributed by atoms with Crippen LogP contribution in [0.3, 0.4) is 0 Å². The second-order valence-electron chi connectivity index (χ2n) is 13.6. The van der Waals surface area contributed by atoms with E-state index in [1.54, 1.807) is 0 Å². The fourth-order valence-corrected chi connectivity index (χ4v) is 9.14. The van der Waals surface area contributed by atoms with Crippen LogP contribution in [-0.4, -0.2) is 4.57 Å². The maximum atomic E-state index is 2.47. The van der Waals surface area contributed by atoms with Crippen molar-refractivity contribution in [3.63, 3.8) is 0 Å². The van der Waals surface area contributed by atoms with E-state index in [1.165, 1.54) is 94.3 Å². The first-order valence-electron chi connectivity index (χ1n) is 17.4. The predicted octanol–water partition coefficient (Wildman–Crippen LogP) is 12.5. The fraction of sp³-hybridized carbons (Fsp3) is 0.0204. The molecular formula is C49H31N. The molecule has 0 saturated heterocycles. The van der Waals surface area contributed by atoms with Crippen LogP contribution in [0.4, 0.5) is 0 Å². The molecule has 2 aliphatic carbocycles. The van der Waals surface area contributed by atoms with Gasteiger partial charge < -0.3 is 4.57 Å². The monoisotopic (exact) mass is 633 g/mol. The Labute approximate surface area is 291 Å². The number of rotatable bonds is 3. The van der Waals surface area contributed by atoms with E-state index in [0.717, 1.165) is 0 Å². The summed E-state index contributed by atoms with van der Waals surface area (Å²) in [7, 11) is 0. The highest BCUT2D eigenvalue weighted by Gasteiger charge is 2.51. The fourth-order valence-electron chi connectivity index (χ4n) is 9.14. The number of fused-ring (bicyclic) bond motifs is 13. The van der Waals surface area contributed by atoms with Crippen molar-refractivity contribution in [1.29, 1.82) is 0 Å². The molecule has 0 fully saturated rings. The van der Waals surface area contributed by atoms with Crippen molar-refractivity contribution in [2.75, 3.05) is 0 Å². The quantitative estimate of drug-likeness (QED) is 0.182. The minimum absolute atomic E-state index is 0.330. The van der Waals surface area contributed by atoms with Crippen molar-refractivity contribution in [1.82, 2.24) is 4.57 Å². The maximum absolute atomic E-state index is 2.47. The van der Waals surface area contributed by atoms with Crippen LogP contribution in [0.5, 0.6) is 0 Å². The molecule has 9 aromatic rings. The van der Waals surface area contributed by atoms with E-state index >= 15 is 0 Å². The highest BCUT2D eigenvalue weighted by atomic mass is 15.0. The number of hydrogen-bond acceptors (Lipinski definition) is 0. The number of benzene rings is 8. The summed E-state index contributed by atoms with van der Waals surface area (Å²) in [6.45, 7) is 0. The van der Waals surface area contributed by atoms with Gasteiger partial charge in [-0.05, 0) is 103 Å². The lowest BCUT2D eigenvalue weighted by molar-refractivity contribution is 0.794. The molecule has 0 atom stereocenters. The molecule has 0 bridgehead atoms. The summed E-state index contributed by atoms with van der Waals surface area (Å²) in [6.07, 6.45) is 0. The van der Waals surface area contributed by atoms with Gasteiger partial charge in [0.25, 0.3) is 0 Å². The molecule has 1 heteroatoms. The first-order valence-corrected chi connectivity index (χ1v) is 17.4. The Balaban J connectivity index is 1.04. The Kier molecular flexibility index (Phi) is 5.66. The van der Waals surface area contributed by atoms with E-state index in [9.17, 15) is 0 Å². The third-order valence-electron chi connectivity index (χ3n) is 11.2. The molecule has 50 heavy (non-hydrogen) atoms. The Morgan fingerprint density at radius 2 is 0.760 bits per heavy atom. The van der Waals surface area contributed by atoms with Crippen LogP contribution in [0.15, 0.2) is 188 Å².